The van der Waals surface area contributed by atoms with E-state index in [1.54, 1.807) is 0 Å². The minimum Gasteiger partial charge on any atom is -0.369 e. The average Bonchev–Trinajstić information content (AvgIpc) is 3.19. The SMILES string of the molecule is CC[C@@H](c1nnnn1Cc1ccccc1)N1CCN(c2cc(Cl)ccc2C)CC1. The van der Waals surface area contributed by atoms with Gasteiger partial charge in [0.05, 0.1) is 12.6 Å². The average molecular weight is 411 g/mol. The van der Waals surface area contributed by atoms with Crippen molar-refractivity contribution in [1.82, 2.24) is 25.1 Å². The number of piperazine rings is 1. The van der Waals surface area contributed by atoms with E-state index in [-0.39, 0.29) is 6.04 Å². The van der Waals surface area contributed by atoms with Gasteiger partial charge in [0, 0.05) is 36.9 Å². The van der Waals surface area contributed by atoms with Crippen LogP contribution in [0.4, 0.5) is 5.69 Å². The third-order valence-corrected chi connectivity index (χ3v) is 5.92. The molecular formula is C22H27ClN6. The second-order valence-corrected chi connectivity index (χ2v) is 7.99. The van der Waals surface area contributed by atoms with Crippen molar-refractivity contribution < 1.29 is 0 Å². The monoisotopic (exact) mass is 410 g/mol. The van der Waals surface area contributed by atoms with Crippen molar-refractivity contribution in [1.29, 1.82) is 0 Å². The molecule has 1 aliphatic heterocycles. The molecule has 1 saturated heterocycles. The molecule has 0 aliphatic carbocycles. The van der Waals surface area contributed by atoms with Crippen molar-refractivity contribution in [3.63, 3.8) is 0 Å². The number of rotatable bonds is 6. The molecule has 4 rings (SSSR count). The van der Waals surface area contributed by atoms with Gasteiger partial charge in [0.1, 0.15) is 0 Å². The molecule has 7 heteroatoms. The first-order chi connectivity index (χ1) is 14.2. The zero-order valence-electron chi connectivity index (χ0n) is 17.0. The lowest BCUT2D eigenvalue weighted by molar-refractivity contribution is 0.169. The van der Waals surface area contributed by atoms with Crippen molar-refractivity contribution in [2.45, 2.75) is 32.9 Å². The second kappa shape index (κ2) is 8.93. The van der Waals surface area contributed by atoms with Crippen molar-refractivity contribution in [3.05, 3.63) is 70.5 Å². The van der Waals surface area contributed by atoms with Gasteiger partial charge in [0.2, 0.25) is 0 Å². The number of nitrogens with zero attached hydrogens (tertiary/aromatic N) is 6. The van der Waals surface area contributed by atoms with E-state index >= 15 is 0 Å². The van der Waals surface area contributed by atoms with Gasteiger partial charge in [-0.2, -0.15) is 0 Å². The normalized spacial score (nSPS) is 16.2. The summed E-state index contributed by atoms with van der Waals surface area (Å²) in [6.45, 7) is 8.94. The molecule has 1 aromatic heterocycles. The molecular weight excluding hydrogens is 384 g/mol. The fourth-order valence-electron chi connectivity index (χ4n) is 4.12. The van der Waals surface area contributed by atoms with Crippen LogP contribution >= 0.6 is 11.6 Å². The lowest BCUT2D eigenvalue weighted by Gasteiger charge is -2.40. The molecule has 2 aromatic carbocycles. The van der Waals surface area contributed by atoms with E-state index in [4.69, 9.17) is 11.6 Å². The van der Waals surface area contributed by atoms with Crippen LogP contribution in [0.25, 0.3) is 0 Å². The summed E-state index contributed by atoms with van der Waals surface area (Å²) in [5.41, 5.74) is 3.71. The van der Waals surface area contributed by atoms with Crippen molar-refractivity contribution >= 4 is 17.3 Å². The first-order valence-electron chi connectivity index (χ1n) is 10.2. The highest BCUT2D eigenvalue weighted by Gasteiger charge is 2.28. The number of hydrogen-bond acceptors (Lipinski definition) is 5. The predicted molar refractivity (Wildman–Crippen MR) is 116 cm³/mol. The molecule has 6 nitrogen and oxygen atoms in total. The van der Waals surface area contributed by atoms with Gasteiger partial charge in [-0.05, 0) is 47.0 Å². The highest BCUT2D eigenvalue weighted by molar-refractivity contribution is 6.30. The van der Waals surface area contributed by atoms with Crippen LogP contribution in [0.2, 0.25) is 5.02 Å². The molecule has 0 unspecified atom stereocenters. The molecule has 2 heterocycles. The van der Waals surface area contributed by atoms with Gasteiger partial charge in [-0.15, -0.1) is 5.10 Å². The maximum Gasteiger partial charge on any atom is 0.168 e. The number of anilines is 1. The Labute approximate surface area is 177 Å². The van der Waals surface area contributed by atoms with E-state index in [0.717, 1.165) is 43.4 Å². The number of aromatic nitrogens is 4. The van der Waals surface area contributed by atoms with Crippen molar-refractivity contribution in [3.8, 4) is 0 Å². The summed E-state index contributed by atoms with van der Waals surface area (Å²) in [7, 11) is 0. The standard InChI is InChI=1S/C22H27ClN6/c1-3-20(22-24-25-26-29(22)16-18-7-5-4-6-8-18)27-11-13-28(14-12-27)21-15-19(23)10-9-17(21)2/h4-10,15,20H,3,11-14,16H2,1-2H3/t20-/m0/s1. The van der Waals surface area contributed by atoms with Crippen LogP contribution in [0.15, 0.2) is 48.5 Å². The number of hydrogen-bond donors (Lipinski definition) is 0. The lowest BCUT2D eigenvalue weighted by Crippen LogP contribution is -2.48. The minimum absolute atomic E-state index is 0.219. The Morgan fingerprint density at radius 2 is 1.79 bits per heavy atom. The molecule has 0 saturated carbocycles. The number of tetrazole rings is 1. The summed E-state index contributed by atoms with van der Waals surface area (Å²) in [5.74, 6) is 0.948. The summed E-state index contributed by atoms with van der Waals surface area (Å²) in [6, 6.07) is 16.7. The van der Waals surface area contributed by atoms with E-state index < -0.39 is 0 Å². The number of benzene rings is 2. The van der Waals surface area contributed by atoms with Crippen LogP contribution < -0.4 is 4.90 Å². The molecule has 0 spiro atoms. The van der Waals surface area contributed by atoms with E-state index in [0.29, 0.717) is 6.54 Å². The quantitative estimate of drug-likeness (QED) is 0.615. The molecule has 1 fully saturated rings. The minimum atomic E-state index is 0.219. The van der Waals surface area contributed by atoms with Crippen LogP contribution in [-0.4, -0.2) is 51.3 Å². The molecule has 29 heavy (non-hydrogen) atoms. The van der Waals surface area contributed by atoms with Crippen LogP contribution in [0.5, 0.6) is 0 Å². The smallest absolute Gasteiger partial charge is 0.168 e. The molecule has 1 aliphatic rings. The van der Waals surface area contributed by atoms with Crippen LogP contribution in [-0.2, 0) is 6.54 Å². The Morgan fingerprint density at radius 1 is 1.03 bits per heavy atom. The fraction of sp³-hybridized carbons (Fsp3) is 0.409. The van der Waals surface area contributed by atoms with Crippen molar-refractivity contribution in [2.75, 3.05) is 31.1 Å². The lowest BCUT2D eigenvalue weighted by atomic mass is 10.1. The van der Waals surface area contributed by atoms with Crippen LogP contribution in [0.1, 0.15) is 36.3 Å². The largest absolute Gasteiger partial charge is 0.369 e. The second-order valence-electron chi connectivity index (χ2n) is 7.56. The van der Waals surface area contributed by atoms with Crippen LogP contribution in [0.3, 0.4) is 0 Å². The predicted octanol–water partition coefficient (Wildman–Crippen LogP) is 3.96. The number of halogens is 1. The summed E-state index contributed by atoms with van der Waals surface area (Å²) in [5, 5.41) is 13.4. The fourth-order valence-corrected chi connectivity index (χ4v) is 4.29. The van der Waals surface area contributed by atoms with Gasteiger partial charge < -0.3 is 4.90 Å². The summed E-state index contributed by atoms with van der Waals surface area (Å²) in [6.07, 6.45) is 0.978. The third kappa shape index (κ3) is 4.43. The Kier molecular flexibility index (Phi) is 6.11. The molecule has 3 aromatic rings. The van der Waals surface area contributed by atoms with E-state index in [2.05, 4.69) is 63.4 Å². The van der Waals surface area contributed by atoms with Gasteiger partial charge in [-0.3, -0.25) is 4.90 Å². The Hall–Kier alpha value is -2.44. The summed E-state index contributed by atoms with van der Waals surface area (Å²) >= 11 is 6.23. The van der Waals surface area contributed by atoms with Crippen LogP contribution in [0, 0.1) is 6.92 Å². The van der Waals surface area contributed by atoms with E-state index in [9.17, 15) is 0 Å². The van der Waals surface area contributed by atoms with Gasteiger partial charge >= 0.3 is 0 Å². The Morgan fingerprint density at radius 3 is 2.52 bits per heavy atom. The zero-order valence-corrected chi connectivity index (χ0v) is 17.8. The van der Waals surface area contributed by atoms with E-state index in [1.165, 1.54) is 16.8 Å². The zero-order chi connectivity index (χ0) is 20.2. The Bertz CT molecular complexity index is 933. The Balaban J connectivity index is 1.46. The molecule has 0 amide bonds. The first kappa shape index (κ1) is 19.9. The maximum absolute atomic E-state index is 6.23. The topological polar surface area (TPSA) is 50.1 Å². The maximum atomic E-state index is 6.23. The summed E-state index contributed by atoms with van der Waals surface area (Å²) in [4.78, 5) is 4.93. The highest BCUT2D eigenvalue weighted by atomic mass is 35.5. The molecule has 0 radical (unpaired) electrons. The highest BCUT2D eigenvalue weighted by Crippen LogP contribution is 2.28. The van der Waals surface area contributed by atoms with Crippen molar-refractivity contribution in [2.24, 2.45) is 0 Å². The van der Waals surface area contributed by atoms with Gasteiger partial charge in [-0.1, -0.05) is 54.9 Å². The van der Waals surface area contributed by atoms with Gasteiger partial charge in [-0.25, -0.2) is 4.68 Å². The third-order valence-electron chi connectivity index (χ3n) is 5.69. The molecule has 152 valence electrons. The molecule has 1 atom stereocenters. The first-order valence-corrected chi connectivity index (χ1v) is 10.6. The van der Waals surface area contributed by atoms with Gasteiger partial charge in [0.15, 0.2) is 5.82 Å². The molecule has 0 bridgehead atoms. The summed E-state index contributed by atoms with van der Waals surface area (Å²) < 4.78 is 1.94. The molecule has 0 N–H and O–H groups in total. The van der Waals surface area contributed by atoms with E-state index in [1.807, 2.05) is 28.9 Å². The number of aryl methyl sites for hydroxylation is 1. The van der Waals surface area contributed by atoms with Gasteiger partial charge in [0.25, 0.3) is 0 Å².